The number of thioether (sulfide) groups is 1. The molecular weight excluding hydrogens is 358 g/mol. The molecule has 2 amide bonds. The molecule has 0 bridgehead atoms. The molecule has 3 rings (SSSR count). The van der Waals surface area contributed by atoms with Crippen LogP contribution in [-0.2, 0) is 4.79 Å². The largest absolute Gasteiger partial charge is 0.339 e. The molecule has 25 heavy (non-hydrogen) atoms. The number of hydrogen-bond donors (Lipinski definition) is 2. The molecule has 1 aromatic rings. The van der Waals surface area contributed by atoms with Crippen molar-refractivity contribution in [3.05, 3.63) is 23.8 Å². The van der Waals surface area contributed by atoms with Crippen LogP contribution in [0.3, 0.4) is 0 Å². The van der Waals surface area contributed by atoms with Crippen molar-refractivity contribution in [3.8, 4) is 0 Å². The minimum Gasteiger partial charge on any atom is -0.339 e. The van der Waals surface area contributed by atoms with Crippen LogP contribution in [0, 0.1) is 11.8 Å². The average Bonchev–Trinajstić information content (AvgIpc) is 2.92. The molecule has 2 heterocycles. The van der Waals surface area contributed by atoms with Gasteiger partial charge in [-0.15, -0.1) is 24.2 Å². The van der Waals surface area contributed by atoms with E-state index in [4.69, 9.17) is 0 Å². The molecule has 2 atom stereocenters. The number of fused-ring (bicyclic) bond motifs is 1. The van der Waals surface area contributed by atoms with Crippen molar-refractivity contribution in [2.45, 2.75) is 24.7 Å². The fourth-order valence-electron chi connectivity index (χ4n) is 3.72. The molecule has 2 fully saturated rings. The smallest absolute Gasteiger partial charge is 0.253 e. The van der Waals surface area contributed by atoms with Crippen LogP contribution >= 0.6 is 24.2 Å². The summed E-state index contributed by atoms with van der Waals surface area (Å²) in [7, 11) is 0. The third-order valence-corrected chi connectivity index (χ3v) is 5.84. The lowest BCUT2D eigenvalue weighted by molar-refractivity contribution is -0.114. The Morgan fingerprint density at radius 3 is 2.40 bits per heavy atom. The Bertz CT molecular complexity index is 627. The van der Waals surface area contributed by atoms with Crippen LogP contribution in [0.5, 0.6) is 0 Å². The molecule has 0 aliphatic carbocycles. The highest BCUT2D eigenvalue weighted by Crippen LogP contribution is 2.30. The maximum absolute atomic E-state index is 12.9. The third-order valence-electron chi connectivity index (χ3n) is 5.07. The first-order valence-corrected chi connectivity index (χ1v) is 9.76. The van der Waals surface area contributed by atoms with E-state index in [1.54, 1.807) is 0 Å². The highest BCUT2D eigenvalue weighted by Gasteiger charge is 2.31. The predicted octanol–water partition coefficient (Wildman–Crippen LogP) is 2.86. The van der Waals surface area contributed by atoms with Gasteiger partial charge in [0.15, 0.2) is 0 Å². The maximum atomic E-state index is 12.9. The summed E-state index contributed by atoms with van der Waals surface area (Å²) >= 11 is 1.54. The SMILES string of the molecule is CSc1cc(C(=O)N2CC[C@@H]3CNC[C@@H]3CC2)ccc1NC(C)=O.Cl. The van der Waals surface area contributed by atoms with E-state index >= 15 is 0 Å². The van der Waals surface area contributed by atoms with Crippen molar-refractivity contribution in [1.82, 2.24) is 10.2 Å². The van der Waals surface area contributed by atoms with Crippen LogP contribution in [-0.4, -0.2) is 49.1 Å². The minimum atomic E-state index is -0.1000. The number of halogens is 1. The average molecular weight is 384 g/mol. The number of likely N-dealkylation sites (tertiary alicyclic amines) is 1. The zero-order valence-corrected chi connectivity index (χ0v) is 16.3. The van der Waals surface area contributed by atoms with Gasteiger partial charge in [0.25, 0.3) is 5.91 Å². The second-order valence-electron chi connectivity index (χ2n) is 6.64. The molecule has 2 N–H and O–H groups in total. The number of anilines is 1. The Kier molecular flexibility index (Phi) is 7.16. The molecule has 0 unspecified atom stereocenters. The monoisotopic (exact) mass is 383 g/mol. The van der Waals surface area contributed by atoms with Crippen LogP contribution in [0.25, 0.3) is 0 Å². The van der Waals surface area contributed by atoms with E-state index in [1.807, 2.05) is 29.4 Å². The summed E-state index contributed by atoms with van der Waals surface area (Å²) in [5.74, 6) is 1.43. The molecular formula is C18H26ClN3O2S. The Morgan fingerprint density at radius 2 is 1.84 bits per heavy atom. The molecule has 0 spiro atoms. The Morgan fingerprint density at radius 1 is 1.20 bits per heavy atom. The quantitative estimate of drug-likeness (QED) is 0.788. The summed E-state index contributed by atoms with van der Waals surface area (Å²) in [5, 5.41) is 6.28. The normalized spacial score (nSPS) is 22.6. The maximum Gasteiger partial charge on any atom is 0.253 e. The molecule has 0 radical (unpaired) electrons. The van der Waals surface area contributed by atoms with Crippen molar-refractivity contribution in [1.29, 1.82) is 0 Å². The Labute approximate surface area is 159 Å². The highest BCUT2D eigenvalue weighted by atomic mass is 35.5. The van der Waals surface area contributed by atoms with Crippen LogP contribution in [0.15, 0.2) is 23.1 Å². The van der Waals surface area contributed by atoms with Crippen molar-refractivity contribution < 1.29 is 9.59 Å². The first kappa shape index (κ1) is 20.1. The van der Waals surface area contributed by atoms with Gasteiger partial charge in [-0.1, -0.05) is 0 Å². The van der Waals surface area contributed by atoms with Gasteiger partial charge in [0.2, 0.25) is 5.91 Å². The van der Waals surface area contributed by atoms with E-state index in [9.17, 15) is 9.59 Å². The van der Waals surface area contributed by atoms with Crippen LogP contribution < -0.4 is 10.6 Å². The van der Waals surface area contributed by atoms with Crippen LogP contribution in [0.1, 0.15) is 30.1 Å². The number of benzene rings is 1. The number of amides is 2. The van der Waals surface area contributed by atoms with Gasteiger partial charge in [0, 0.05) is 30.5 Å². The van der Waals surface area contributed by atoms with E-state index < -0.39 is 0 Å². The van der Waals surface area contributed by atoms with Crippen LogP contribution in [0.4, 0.5) is 5.69 Å². The highest BCUT2D eigenvalue weighted by molar-refractivity contribution is 7.98. The second-order valence-corrected chi connectivity index (χ2v) is 7.49. The summed E-state index contributed by atoms with van der Waals surface area (Å²) in [4.78, 5) is 27.1. The summed E-state index contributed by atoms with van der Waals surface area (Å²) in [6.07, 6.45) is 4.13. The van der Waals surface area contributed by atoms with Crippen molar-refractivity contribution >= 4 is 41.7 Å². The lowest BCUT2D eigenvalue weighted by Gasteiger charge is -2.21. The topological polar surface area (TPSA) is 61.4 Å². The molecule has 2 aliphatic heterocycles. The van der Waals surface area contributed by atoms with Crippen molar-refractivity contribution in [3.63, 3.8) is 0 Å². The van der Waals surface area contributed by atoms with Crippen LogP contribution in [0.2, 0.25) is 0 Å². The first-order valence-electron chi connectivity index (χ1n) is 8.54. The summed E-state index contributed by atoms with van der Waals surface area (Å²) in [6.45, 7) is 5.35. The summed E-state index contributed by atoms with van der Waals surface area (Å²) < 4.78 is 0. The fraction of sp³-hybridized carbons (Fsp3) is 0.556. The zero-order chi connectivity index (χ0) is 17.1. The van der Waals surface area contributed by atoms with Gasteiger partial charge in [0.05, 0.1) is 5.69 Å². The molecule has 0 aromatic heterocycles. The van der Waals surface area contributed by atoms with Gasteiger partial charge < -0.3 is 15.5 Å². The van der Waals surface area contributed by atoms with Crippen molar-refractivity contribution in [2.75, 3.05) is 37.8 Å². The lowest BCUT2D eigenvalue weighted by Crippen LogP contribution is -2.32. The molecule has 0 saturated carbocycles. The fourth-order valence-corrected chi connectivity index (χ4v) is 4.30. The molecule has 2 aliphatic rings. The summed E-state index contributed by atoms with van der Waals surface area (Å²) in [6, 6.07) is 5.54. The second kappa shape index (κ2) is 8.92. The molecule has 7 heteroatoms. The number of hydrogen-bond acceptors (Lipinski definition) is 4. The molecule has 138 valence electrons. The van der Waals surface area contributed by atoms with Gasteiger partial charge in [-0.3, -0.25) is 9.59 Å². The van der Waals surface area contributed by atoms with Gasteiger partial charge in [-0.05, 0) is 62.2 Å². The number of rotatable bonds is 3. The third kappa shape index (κ3) is 4.68. The molecule has 1 aromatic carbocycles. The number of carbonyl (C=O) groups is 2. The predicted molar refractivity (Wildman–Crippen MR) is 105 cm³/mol. The zero-order valence-electron chi connectivity index (χ0n) is 14.7. The molecule has 5 nitrogen and oxygen atoms in total. The Hall–Kier alpha value is -1.24. The van der Waals surface area contributed by atoms with Crippen molar-refractivity contribution in [2.24, 2.45) is 11.8 Å². The van der Waals surface area contributed by atoms with Gasteiger partial charge in [-0.2, -0.15) is 0 Å². The van der Waals surface area contributed by atoms with E-state index in [-0.39, 0.29) is 24.2 Å². The van der Waals surface area contributed by atoms with E-state index in [1.165, 1.54) is 18.7 Å². The van der Waals surface area contributed by atoms with Gasteiger partial charge in [0.1, 0.15) is 0 Å². The summed E-state index contributed by atoms with van der Waals surface area (Å²) in [5.41, 5.74) is 1.47. The van der Waals surface area contributed by atoms with E-state index in [0.717, 1.165) is 49.6 Å². The standard InChI is InChI=1S/C18H25N3O2S.ClH/c1-12(22)20-16-4-3-13(9-17(16)24-2)18(23)21-7-5-14-10-19-11-15(14)6-8-21;/h3-4,9,14-15,19H,5-8,10-11H2,1-2H3,(H,20,22);1H/t14-,15+;. The number of carbonyl (C=O) groups excluding carboxylic acids is 2. The molecule has 2 saturated heterocycles. The van der Waals surface area contributed by atoms with E-state index in [0.29, 0.717) is 17.4 Å². The Balaban J connectivity index is 0.00000225. The van der Waals surface area contributed by atoms with Gasteiger partial charge in [-0.25, -0.2) is 0 Å². The number of nitrogens with zero attached hydrogens (tertiary/aromatic N) is 1. The van der Waals surface area contributed by atoms with Gasteiger partial charge >= 0.3 is 0 Å². The van der Waals surface area contributed by atoms with E-state index in [2.05, 4.69) is 10.6 Å². The first-order chi connectivity index (χ1) is 11.6. The minimum absolute atomic E-state index is 0. The lowest BCUT2D eigenvalue weighted by atomic mass is 9.92. The number of nitrogens with one attached hydrogen (secondary N) is 2.